The van der Waals surface area contributed by atoms with Crippen LogP contribution in [-0.4, -0.2) is 21.1 Å². The molecule has 98 valence electrons. The molecule has 0 radical (unpaired) electrons. The molecule has 0 heterocycles. The highest BCUT2D eigenvalue weighted by molar-refractivity contribution is 6.04. The minimum absolute atomic E-state index is 0.0214. The zero-order chi connectivity index (χ0) is 13.7. The Balaban J connectivity index is 2.16. The van der Waals surface area contributed by atoms with Gasteiger partial charge in [0.15, 0.2) is 5.78 Å². The third-order valence-electron chi connectivity index (χ3n) is 3.76. The first-order chi connectivity index (χ1) is 8.97. The van der Waals surface area contributed by atoms with Gasteiger partial charge in [-0.1, -0.05) is 6.07 Å². The highest BCUT2D eigenvalue weighted by Gasteiger charge is 2.40. The maximum absolute atomic E-state index is 12.4. The summed E-state index contributed by atoms with van der Waals surface area (Å²) in [5.41, 5.74) is 1.94. The number of hydrogen-bond acceptors (Lipinski definition) is 4. The molecule has 4 nitrogen and oxygen atoms in total. The number of aliphatic hydroxyl groups is 2. The molecule has 4 heteroatoms. The number of carbonyl (C=O) groups excluding carboxylic acids is 1. The number of ketones is 1. The second-order valence-electron chi connectivity index (χ2n) is 5.19. The fraction of sp³-hybridized carbons (Fsp3) is 0.267. The van der Waals surface area contributed by atoms with Crippen LogP contribution in [0.4, 0.5) is 0 Å². The van der Waals surface area contributed by atoms with Gasteiger partial charge in [0.1, 0.15) is 17.3 Å². The minimum atomic E-state index is -0.697. The Morgan fingerprint density at radius 3 is 2.68 bits per heavy atom. The summed E-state index contributed by atoms with van der Waals surface area (Å²) >= 11 is 0. The van der Waals surface area contributed by atoms with E-state index in [4.69, 9.17) is 0 Å². The Kier molecular flexibility index (Phi) is 2.42. The second kappa shape index (κ2) is 3.88. The van der Waals surface area contributed by atoms with Crippen LogP contribution in [0, 0.1) is 18.8 Å². The van der Waals surface area contributed by atoms with E-state index in [1.165, 1.54) is 6.08 Å². The fourth-order valence-corrected chi connectivity index (χ4v) is 3.03. The van der Waals surface area contributed by atoms with E-state index in [0.29, 0.717) is 12.0 Å². The summed E-state index contributed by atoms with van der Waals surface area (Å²) in [4.78, 5) is 12.4. The van der Waals surface area contributed by atoms with E-state index in [-0.39, 0.29) is 29.0 Å². The van der Waals surface area contributed by atoms with Crippen LogP contribution in [-0.2, 0) is 6.42 Å². The molecular formula is C15H14O4. The summed E-state index contributed by atoms with van der Waals surface area (Å²) in [5.74, 6) is -1.44. The van der Waals surface area contributed by atoms with Crippen molar-refractivity contribution in [2.45, 2.75) is 13.3 Å². The molecule has 2 aliphatic carbocycles. The molecule has 19 heavy (non-hydrogen) atoms. The number of fused-ring (bicyclic) bond motifs is 2. The molecule has 0 unspecified atom stereocenters. The summed E-state index contributed by atoms with van der Waals surface area (Å²) < 4.78 is 0. The Hall–Kier alpha value is -2.23. The predicted molar refractivity (Wildman–Crippen MR) is 69.3 cm³/mol. The molecule has 3 N–H and O–H groups in total. The Morgan fingerprint density at radius 2 is 1.95 bits per heavy atom. The minimum Gasteiger partial charge on any atom is -0.511 e. The molecule has 0 spiro atoms. The molecule has 2 atom stereocenters. The number of phenols is 1. The monoisotopic (exact) mass is 258 g/mol. The van der Waals surface area contributed by atoms with Crippen LogP contribution >= 0.6 is 0 Å². The van der Waals surface area contributed by atoms with E-state index in [1.807, 2.05) is 13.0 Å². The van der Waals surface area contributed by atoms with Crippen LogP contribution in [0.25, 0.3) is 0 Å². The molecule has 0 fully saturated rings. The van der Waals surface area contributed by atoms with Gasteiger partial charge in [0, 0.05) is 12.0 Å². The lowest BCUT2D eigenvalue weighted by Gasteiger charge is -2.32. The van der Waals surface area contributed by atoms with E-state index in [0.717, 1.165) is 11.1 Å². The van der Waals surface area contributed by atoms with Gasteiger partial charge in [-0.05, 0) is 36.6 Å². The zero-order valence-electron chi connectivity index (χ0n) is 10.4. The van der Waals surface area contributed by atoms with E-state index in [9.17, 15) is 20.1 Å². The average molecular weight is 258 g/mol. The maximum Gasteiger partial charge on any atom is 0.178 e. The van der Waals surface area contributed by atoms with Crippen molar-refractivity contribution < 1.29 is 20.1 Å². The fourth-order valence-electron chi connectivity index (χ4n) is 3.03. The van der Waals surface area contributed by atoms with E-state index in [1.54, 1.807) is 12.1 Å². The van der Waals surface area contributed by atoms with Gasteiger partial charge in [-0.25, -0.2) is 0 Å². The highest BCUT2D eigenvalue weighted by atomic mass is 16.3. The Bertz CT molecular complexity index is 640. The van der Waals surface area contributed by atoms with Crippen LogP contribution < -0.4 is 0 Å². The smallest absolute Gasteiger partial charge is 0.178 e. The summed E-state index contributed by atoms with van der Waals surface area (Å²) in [7, 11) is 0. The Morgan fingerprint density at radius 1 is 1.21 bits per heavy atom. The van der Waals surface area contributed by atoms with Gasteiger partial charge in [-0.3, -0.25) is 4.79 Å². The van der Waals surface area contributed by atoms with Gasteiger partial charge in [0.2, 0.25) is 0 Å². The normalized spacial score (nSPS) is 25.2. The molecule has 1 aromatic rings. The van der Waals surface area contributed by atoms with Crippen LogP contribution in [0.5, 0.6) is 5.75 Å². The molecule has 0 saturated carbocycles. The molecule has 0 bridgehead atoms. The summed E-state index contributed by atoms with van der Waals surface area (Å²) in [5, 5.41) is 29.3. The largest absolute Gasteiger partial charge is 0.511 e. The molecule has 3 rings (SSSR count). The van der Waals surface area contributed by atoms with Crippen molar-refractivity contribution in [3.8, 4) is 5.75 Å². The van der Waals surface area contributed by atoms with Crippen molar-refractivity contribution in [1.82, 2.24) is 0 Å². The first-order valence-electron chi connectivity index (χ1n) is 6.15. The van der Waals surface area contributed by atoms with Crippen LogP contribution in [0.15, 0.2) is 35.8 Å². The first kappa shape index (κ1) is 11.8. The van der Waals surface area contributed by atoms with Crippen LogP contribution in [0.1, 0.15) is 21.5 Å². The zero-order valence-corrected chi connectivity index (χ0v) is 10.4. The Labute approximate surface area is 110 Å². The van der Waals surface area contributed by atoms with Crippen molar-refractivity contribution >= 4 is 5.78 Å². The predicted octanol–water partition coefficient (Wildman–Crippen LogP) is 2.57. The number of allylic oxidation sites excluding steroid dienone is 3. The third kappa shape index (κ3) is 1.71. The summed E-state index contributed by atoms with van der Waals surface area (Å²) in [6, 6.07) is 3.41. The number of aliphatic hydroxyl groups excluding tert-OH is 2. The number of carbonyl (C=O) groups is 1. The van der Waals surface area contributed by atoms with Gasteiger partial charge in [-0.2, -0.15) is 0 Å². The standard InChI is InChI=1S/C15H14O4/c1-7-2-8-4-9-5-10(16)6-12(18)14(9)15(19)13(8)11(17)3-7/h2-3,5-6,9,14,16-18H,4H2,1H3/t9-,14-/m0/s1. The number of aryl methyl sites for hydroxylation is 1. The molecule has 0 aromatic heterocycles. The summed E-state index contributed by atoms with van der Waals surface area (Å²) in [6.07, 6.45) is 3.29. The topological polar surface area (TPSA) is 77.8 Å². The quantitative estimate of drug-likeness (QED) is 0.668. The number of benzene rings is 1. The van der Waals surface area contributed by atoms with Gasteiger partial charge in [-0.15, -0.1) is 0 Å². The van der Waals surface area contributed by atoms with Gasteiger partial charge < -0.3 is 15.3 Å². The lowest BCUT2D eigenvalue weighted by Crippen LogP contribution is -2.34. The number of rotatable bonds is 0. The van der Waals surface area contributed by atoms with Crippen molar-refractivity contribution in [3.63, 3.8) is 0 Å². The molecule has 0 amide bonds. The van der Waals surface area contributed by atoms with E-state index < -0.39 is 5.92 Å². The number of phenolic OH excluding ortho intramolecular Hbond substituents is 1. The van der Waals surface area contributed by atoms with Crippen molar-refractivity contribution in [2.24, 2.45) is 11.8 Å². The summed E-state index contributed by atoms with van der Waals surface area (Å²) in [6.45, 7) is 1.85. The molecule has 0 aliphatic heterocycles. The van der Waals surface area contributed by atoms with Gasteiger partial charge in [0.05, 0.1) is 11.5 Å². The van der Waals surface area contributed by atoms with Gasteiger partial charge in [0.25, 0.3) is 0 Å². The van der Waals surface area contributed by atoms with Crippen LogP contribution in [0.2, 0.25) is 0 Å². The molecular weight excluding hydrogens is 244 g/mol. The maximum atomic E-state index is 12.4. The van der Waals surface area contributed by atoms with Crippen molar-refractivity contribution in [3.05, 3.63) is 52.5 Å². The number of Topliss-reactive ketones (excluding diaryl/α,β-unsaturated/α-hetero) is 1. The molecule has 1 aromatic carbocycles. The second-order valence-corrected chi connectivity index (χ2v) is 5.19. The SMILES string of the molecule is Cc1cc(O)c2c(c1)C[C@H]1C=C(O)C=C(O)[C@H]1C2=O. The van der Waals surface area contributed by atoms with Crippen LogP contribution in [0.3, 0.4) is 0 Å². The lowest BCUT2D eigenvalue weighted by atomic mass is 9.71. The van der Waals surface area contributed by atoms with E-state index >= 15 is 0 Å². The van der Waals surface area contributed by atoms with E-state index in [2.05, 4.69) is 0 Å². The highest BCUT2D eigenvalue weighted by Crippen LogP contribution is 2.41. The molecule has 0 saturated heterocycles. The van der Waals surface area contributed by atoms with Gasteiger partial charge >= 0.3 is 0 Å². The molecule has 2 aliphatic rings. The lowest BCUT2D eigenvalue weighted by molar-refractivity contribution is 0.0855. The van der Waals surface area contributed by atoms with Crippen molar-refractivity contribution in [1.29, 1.82) is 0 Å². The number of hydrogen-bond donors (Lipinski definition) is 3. The van der Waals surface area contributed by atoms with Crippen molar-refractivity contribution in [2.75, 3.05) is 0 Å². The average Bonchev–Trinajstić information content (AvgIpc) is 2.25. The number of aromatic hydroxyl groups is 1. The third-order valence-corrected chi connectivity index (χ3v) is 3.76. The first-order valence-corrected chi connectivity index (χ1v) is 6.15.